The molecule has 2 nitrogen and oxygen atoms in total. The highest BCUT2D eigenvalue weighted by Crippen LogP contribution is 2.06. The van der Waals surface area contributed by atoms with Gasteiger partial charge in [0, 0.05) is 17.7 Å². The predicted octanol–water partition coefficient (Wildman–Crippen LogP) is 1.24. The first-order valence-corrected chi connectivity index (χ1v) is 3.06. The van der Waals surface area contributed by atoms with Crippen molar-refractivity contribution in [3.8, 4) is 6.07 Å². The fourth-order valence-electron chi connectivity index (χ4n) is 0.725. The summed E-state index contributed by atoms with van der Waals surface area (Å²) in [5.74, 6) is 0. The van der Waals surface area contributed by atoms with Crippen molar-refractivity contribution in [2.75, 3.05) is 0 Å². The fraction of sp³-hybridized carbons (Fsp3) is 0.125. The standard InChI is InChI=1S/C8H8N2/c9-6-7-2-1-3-8(10)5-4-7/h1,3-5H,2,10H2. The van der Waals surface area contributed by atoms with Crippen LogP contribution in [0.2, 0.25) is 0 Å². The van der Waals surface area contributed by atoms with Gasteiger partial charge in [0.25, 0.3) is 0 Å². The lowest BCUT2D eigenvalue weighted by Gasteiger charge is -1.83. The molecule has 0 saturated carbocycles. The molecule has 0 radical (unpaired) electrons. The Morgan fingerprint density at radius 3 is 3.00 bits per heavy atom. The van der Waals surface area contributed by atoms with Crippen LogP contribution < -0.4 is 5.73 Å². The molecule has 0 aromatic rings. The Bertz CT molecular complexity index is 251. The topological polar surface area (TPSA) is 49.8 Å². The molecule has 0 aliphatic heterocycles. The van der Waals surface area contributed by atoms with E-state index in [1.807, 2.05) is 6.08 Å². The average molecular weight is 132 g/mol. The second-order valence-corrected chi connectivity index (χ2v) is 2.08. The van der Waals surface area contributed by atoms with Gasteiger partial charge >= 0.3 is 0 Å². The molecule has 0 unspecified atom stereocenters. The molecule has 1 aliphatic rings. The molecule has 0 amide bonds. The zero-order valence-electron chi connectivity index (χ0n) is 5.54. The van der Waals surface area contributed by atoms with Gasteiger partial charge in [-0.05, 0) is 18.2 Å². The van der Waals surface area contributed by atoms with Crippen LogP contribution in [0.1, 0.15) is 6.42 Å². The largest absolute Gasteiger partial charge is 0.399 e. The van der Waals surface area contributed by atoms with Crippen molar-refractivity contribution in [1.82, 2.24) is 0 Å². The fourth-order valence-corrected chi connectivity index (χ4v) is 0.725. The minimum absolute atomic E-state index is 0.688. The SMILES string of the molecule is N#CC1=CC=C(N)C=CC1. The lowest BCUT2D eigenvalue weighted by molar-refractivity contribution is 1.28. The van der Waals surface area contributed by atoms with Crippen LogP contribution >= 0.6 is 0 Å². The maximum atomic E-state index is 8.48. The van der Waals surface area contributed by atoms with Crippen molar-refractivity contribution in [1.29, 1.82) is 5.26 Å². The zero-order valence-corrected chi connectivity index (χ0v) is 5.54. The van der Waals surface area contributed by atoms with E-state index in [-0.39, 0.29) is 0 Å². The Balaban J connectivity index is 2.86. The van der Waals surface area contributed by atoms with Gasteiger partial charge in [0.05, 0.1) is 6.07 Å². The second kappa shape index (κ2) is 2.88. The van der Waals surface area contributed by atoms with E-state index in [9.17, 15) is 0 Å². The Hall–Kier alpha value is -1.49. The highest BCUT2D eigenvalue weighted by Gasteiger charge is 1.93. The van der Waals surface area contributed by atoms with Gasteiger partial charge < -0.3 is 5.73 Å². The highest BCUT2D eigenvalue weighted by atomic mass is 14.5. The molecule has 0 saturated heterocycles. The van der Waals surface area contributed by atoms with E-state index in [1.165, 1.54) is 0 Å². The van der Waals surface area contributed by atoms with E-state index in [0.717, 1.165) is 5.57 Å². The number of nitriles is 1. The van der Waals surface area contributed by atoms with E-state index >= 15 is 0 Å². The summed E-state index contributed by atoms with van der Waals surface area (Å²) < 4.78 is 0. The molecule has 0 aromatic carbocycles. The van der Waals surface area contributed by atoms with Crippen molar-refractivity contribution in [3.63, 3.8) is 0 Å². The number of nitrogens with zero attached hydrogens (tertiary/aromatic N) is 1. The van der Waals surface area contributed by atoms with E-state index in [1.54, 1.807) is 18.2 Å². The minimum Gasteiger partial charge on any atom is -0.399 e. The van der Waals surface area contributed by atoms with Gasteiger partial charge in [-0.1, -0.05) is 6.08 Å². The molecular formula is C8H8N2. The van der Waals surface area contributed by atoms with E-state index in [4.69, 9.17) is 11.0 Å². The summed E-state index contributed by atoms with van der Waals surface area (Å²) in [6, 6.07) is 2.07. The number of nitrogens with two attached hydrogens (primary N) is 1. The first kappa shape index (κ1) is 6.63. The van der Waals surface area contributed by atoms with Crippen LogP contribution in [0, 0.1) is 11.3 Å². The van der Waals surface area contributed by atoms with Gasteiger partial charge in [-0.2, -0.15) is 5.26 Å². The summed E-state index contributed by atoms with van der Waals surface area (Å²) in [5.41, 5.74) is 6.92. The van der Waals surface area contributed by atoms with Crippen molar-refractivity contribution in [2.24, 2.45) is 5.73 Å². The maximum Gasteiger partial charge on any atom is 0.0950 e. The number of allylic oxidation sites excluding steroid dienone is 5. The van der Waals surface area contributed by atoms with E-state index in [0.29, 0.717) is 12.1 Å². The van der Waals surface area contributed by atoms with E-state index < -0.39 is 0 Å². The second-order valence-electron chi connectivity index (χ2n) is 2.08. The summed E-state index contributed by atoms with van der Waals surface area (Å²) >= 11 is 0. The van der Waals surface area contributed by atoms with Crippen molar-refractivity contribution >= 4 is 0 Å². The molecule has 0 atom stereocenters. The van der Waals surface area contributed by atoms with Gasteiger partial charge in [-0.3, -0.25) is 0 Å². The molecule has 1 aliphatic carbocycles. The monoisotopic (exact) mass is 132 g/mol. The van der Waals surface area contributed by atoms with Gasteiger partial charge in [0.15, 0.2) is 0 Å². The molecule has 2 N–H and O–H groups in total. The Labute approximate surface area is 60.0 Å². The van der Waals surface area contributed by atoms with E-state index in [2.05, 4.69) is 6.07 Å². The molecular weight excluding hydrogens is 124 g/mol. The number of hydrogen-bond donors (Lipinski definition) is 1. The molecule has 10 heavy (non-hydrogen) atoms. The van der Waals surface area contributed by atoms with Gasteiger partial charge in [0.1, 0.15) is 0 Å². The minimum atomic E-state index is 0.688. The summed E-state index contributed by atoms with van der Waals surface area (Å²) in [6.45, 7) is 0. The third-order valence-corrected chi connectivity index (χ3v) is 1.27. The first-order valence-electron chi connectivity index (χ1n) is 3.06. The Kier molecular flexibility index (Phi) is 1.91. The molecule has 50 valence electrons. The summed E-state index contributed by atoms with van der Waals surface area (Å²) in [5, 5.41) is 8.48. The Morgan fingerprint density at radius 2 is 2.30 bits per heavy atom. The predicted molar refractivity (Wildman–Crippen MR) is 39.7 cm³/mol. The van der Waals surface area contributed by atoms with Crippen LogP contribution in [0.3, 0.4) is 0 Å². The van der Waals surface area contributed by atoms with Gasteiger partial charge in [-0.25, -0.2) is 0 Å². The van der Waals surface area contributed by atoms with Crippen molar-refractivity contribution < 1.29 is 0 Å². The summed E-state index contributed by atoms with van der Waals surface area (Å²) in [7, 11) is 0. The van der Waals surface area contributed by atoms with Gasteiger partial charge in [-0.15, -0.1) is 0 Å². The lowest BCUT2D eigenvalue weighted by Crippen LogP contribution is -1.89. The number of rotatable bonds is 0. The first-order chi connectivity index (χ1) is 4.83. The third kappa shape index (κ3) is 1.49. The van der Waals surface area contributed by atoms with Crippen LogP contribution in [-0.2, 0) is 0 Å². The lowest BCUT2D eigenvalue weighted by atomic mass is 10.2. The molecule has 1 rings (SSSR count). The van der Waals surface area contributed by atoms with Crippen LogP contribution in [0.4, 0.5) is 0 Å². The zero-order chi connectivity index (χ0) is 7.40. The van der Waals surface area contributed by atoms with Crippen LogP contribution in [0.25, 0.3) is 0 Å². The Morgan fingerprint density at radius 1 is 1.50 bits per heavy atom. The smallest absolute Gasteiger partial charge is 0.0950 e. The quantitative estimate of drug-likeness (QED) is 0.539. The maximum absolute atomic E-state index is 8.48. The molecule has 0 spiro atoms. The van der Waals surface area contributed by atoms with Crippen LogP contribution in [-0.4, -0.2) is 0 Å². The normalized spacial score (nSPS) is 16.7. The summed E-state index contributed by atoms with van der Waals surface area (Å²) in [4.78, 5) is 0. The average Bonchev–Trinajstić information content (AvgIpc) is 2.14. The molecule has 0 bridgehead atoms. The molecule has 0 heterocycles. The third-order valence-electron chi connectivity index (χ3n) is 1.27. The molecule has 0 aromatic heterocycles. The van der Waals surface area contributed by atoms with Crippen LogP contribution in [0.15, 0.2) is 35.6 Å². The summed E-state index contributed by atoms with van der Waals surface area (Å²) in [6.07, 6.45) is 7.86. The van der Waals surface area contributed by atoms with Crippen LogP contribution in [0.5, 0.6) is 0 Å². The van der Waals surface area contributed by atoms with Crippen molar-refractivity contribution in [3.05, 3.63) is 35.6 Å². The van der Waals surface area contributed by atoms with Gasteiger partial charge in [0.2, 0.25) is 0 Å². The van der Waals surface area contributed by atoms with Crippen molar-refractivity contribution in [2.45, 2.75) is 6.42 Å². The number of hydrogen-bond acceptors (Lipinski definition) is 2. The molecule has 0 fully saturated rings. The molecule has 2 heteroatoms. The highest BCUT2D eigenvalue weighted by molar-refractivity contribution is 5.35.